The van der Waals surface area contributed by atoms with Crippen LogP contribution in [0.15, 0.2) is 22.6 Å². The molecule has 0 radical (unpaired) electrons. The molecule has 4 heteroatoms. The van der Waals surface area contributed by atoms with Gasteiger partial charge in [-0.15, -0.1) is 0 Å². The molecule has 0 aromatic rings. The lowest BCUT2D eigenvalue weighted by molar-refractivity contribution is 0.906. The lowest BCUT2D eigenvalue weighted by Crippen LogP contribution is -2.04. The molecule has 1 heterocycles. The van der Waals surface area contributed by atoms with E-state index < -0.39 is 6.17 Å². The van der Waals surface area contributed by atoms with Crippen LogP contribution in [0.1, 0.15) is 0 Å². The third kappa shape index (κ3) is 1.15. The van der Waals surface area contributed by atoms with Crippen molar-refractivity contribution >= 4 is 11.4 Å². The van der Waals surface area contributed by atoms with E-state index in [0.29, 0.717) is 0 Å². The summed E-state index contributed by atoms with van der Waals surface area (Å²) in [6, 6.07) is 3.56. The lowest BCUT2D eigenvalue weighted by atomic mass is 10.3. The molecule has 1 aliphatic heterocycles. The molecule has 1 rings (SSSR count). The van der Waals surface area contributed by atoms with Crippen molar-refractivity contribution < 1.29 is 0 Å². The van der Waals surface area contributed by atoms with Gasteiger partial charge in [0, 0.05) is 0 Å². The summed E-state index contributed by atoms with van der Waals surface area (Å²) in [5.41, 5.74) is 0.190. The summed E-state index contributed by atoms with van der Waals surface area (Å²) in [7, 11) is 0. The Hall–Kier alpha value is -1.94. The number of rotatable bonds is 1. The van der Waals surface area contributed by atoms with Crippen LogP contribution >= 0.6 is 0 Å². The summed E-state index contributed by atoms with van der Waals surface area (Å²) < 4.78 is 0. The molecule has 0 saturated heterocycles. The van der Waals surface area contributed by atoms with Crippen molar-refractivity contribution in [1.29, 1.82) is 10.5 Å². The maximum atomic E-state index is 8.43. The molecule has 0 aliphatic carbocycles. The molecule has 0 bridgehead atoms. The standard InChI is InChI=1S/C7H4N4/c1-2-7-10-5(3-8)6(4-9)11-7/h2,7H,1H2. The van der Waals surface area contributed by atoms with Crippen LogP contribution in [0, 0.1) is 22.7 Å². The quantitative estimate of drug-likeness (QED) is 0.501. The monoisotopic (exact) mass is 144 g/mol. The molecule has 0 N–H and O–H groups in total. The molecule has 0 aromatic heterocycles. The molecule has 0 atom stereocenters. The molecular formula is C7H4N4. The predicted octanol–water partition coefficient (Wildman–Crippen LogP) is 0.441. The largest absolute Gasteiger partial charge is 0.240 e. The Morgan fingerprint density at radius 2 is 1.73 bits per heavy atom. The van der Waals surface area contributed by atoms with Crippen molar-refractivity contribution in [3.8, 4) is 12.1 Å². The third-order valence-corrected chi connectivity index (χ3v) is 1.17. The zero-order valence-corrected chi connectivity index (χ0v) is 5.65. The van der Waals surface area contributed by atoms with Crippen LogP contribution in [0.3, 0.4) is 0 Å². The van der Waals surface area contributed by atoms with Gasteiger partial charge in [-0.25, -0.2) is 9.98 Å². The Morgan fingerprint density at radius 1 is 1.27 bits per heavy atom. The molecule has 0 saturated carbocycles. The molecule has 11 heavy (non-hydrogen) atoms. The number of hydrogen-bond acceptors (Lipinski definition) is 4. The fourth-order valence-electron chi connectivity index (χ4n) is 0.685. The smallest absolute Gasteiger partial charge is 0.174 e. The van der Waals surface area contributed by atoms with E-state index >= 15 is 0 Å². The first-order valence-corrected chi connectivity index (χ1v) is 2.90. The first-order valence-electron chi connectivity index (χ1n) is 2.90. The second-order valence-electron chi connectivity index (χ2n) is 1.83. The van der Waals surface area contributed by atoms with Gasteiger partial charge in [0.05, 0.1) is 0 Å². The highest BCUT2D eigenvalue weighted by molar-refractivity contribution is 6.54. The molecule has 0 aromatic carbocycles. The summed E-state index contributed by atoms with van der Waals surface area (Å²) in [6.07, 6.45) is 1.03. The van der Waals surface area contributed by atoms with Crippen LogP contribution in [0.5, 0.6) is 0 Å². The summed E-state index contributed by atoms with van der Waals surface area (Å²) in [5, 5.41) is 16.9. The Labute approximate surface area is 63.8 Å². The average molecular weight is 144 g/mol. The van der Waals surface area contributed by atoms with Gasteiger partial charge in [0.25, 0.3) is 0 Å². The van der Waals surface area contributed by atoms with Gasteiger partial charge >= 0.3 is 0 Å². The van der Waals surface area contributed by atoms with E-state index in [0.717, 1.165) is 0 Å². The minimum atomic E-state index is -0.445. The highest BCUT2D eigenvalue weighted by Gasteiger charge is 2.17. The Bertz CT molecular complexity index is 293. The second-order valence-corrected chi connectivity index (χ2v) is 1.83. The Kier molecular flexibility index (Phi) is 1.80. The van der Waals surface area contributed by atoms with E-state index in [-0.39, 0.29) is 11.4 Å². The molecule has 0 spiro atoms. The van der Waals surface area contributed by atoms with E-state index in [2.05, 4.69) is 16.6 Å². The van der Waals surface area contributed by atoms with Crippen molar-refractivity contribution in [2.24, 2.45) is 9.98 Å². The summed E-state index contributed by atoms with van der Waals surface area (Å²) in [6.45, 7) is 3.45. The van der Waals surface area contributed by atoms with Gasteiger partial charge in [-0.2, -0.15) is 10.5 Å². The fraction of sp³-hybridized carbons (Fsp3) is 0.143. The highest BCUT2D eigenvalue weighted by atomic mass is 15.1. The molecule has 1 aliphatic rings. The number of nitriles is 2. The molecule has 4 nitrogen and oxygen atoms in total. The Morgan fingerprint density at radius 3 is 2.00 bits per heavy atom. The van der Waals surface area contributed by atoms with Crippen molar-refractivity contribution in [3.05, 3.63) is 12.7 Å². The molecule has 52 valence electrons. The SMILES string of the molecule is C=CC1N=C(C#N)C(C#N)=N1. The van der Waals surface area contributed by atoms with Crippen molar-refractivity contribution in [3.63, 3.8) is 0 Å². The first-order chi connectivity index (χ1) is 5.31. The normalized spacial score (nSPS) is 16.2. The van der Waals surface area contributed by atoms with Gasteiger partial charge in [-0.1, -0.05) is 6.58 Å². The maximum Gasteiger partial charge on any atom is 0.174 e. The van der Waals surface area contributed by atoms with Crippen LogP contribution < -0.4 is 0 Å². The van der Waals surface area contributed by atoms with Crippen molar-refractivity contribution in [2.75, 3.05) is 0 Å². The van der Waals surface area contributed by atoms with Crippen LogP contribution in [0.25, 0.3) is 0 Å². The van der Waals surface area contributed by atoms with Gasteiger partial charge in [-0.05, 0) is 6.08 Å². The molecular weight excluding hydrogens is 140 g/mol. The van der Waals surface area contributed by atoms with Gasteiger partial charge in [0.2, 0.25) is 0 Å². The van der Waals surface area contributed by atoms with Gasteiger partial charge < -0.3 is 0 Å². The van der Waals surface area contributed by atoms with Crippen molar-refractivity contribution in [2.45, 2.75) is 6.17 Å². The molecule has 0 amide bonds. The second kappa shape index (κ2) is 2.76. The van der Waals surface area contributed by atoms with Crippen LogP contribution in [0.2, 0.25) is 0 Å². The topological polar surface area (TPSA) is 72.3 Å². The Balaban J connectivity index is 3.02. The lowest BCUT2D eigenvalue weighted by Gasteiger charge is -1.88. The van der Waals surface area contributed by atoms with Gasteiger partial charge in [0.15, 0.2) is 17.6 Å². The summed E-state index contributed by atoms with van der Waals surface area (Å²) in [4.78, 5) is 7.58. The van der Waals surface area contributed by atoms with E-state index in [1.54, 1.807) is 12.1 Å². The predicted molar refractivity (Wildman–Crippen MR) is 40.1 cm³/mol. The average Bonchev–Trinajstić information content (AvgIpc) is 2.46. The summed E-state index contributed by atoms with van der Waals surface area (Å²) in [5.74, 6) is 0. The van der Waals surface area contributed by atoms with Gasteiger partial charge in [-0.3, -0.25) is 0 Å². The van der Waals surface area contributed by atoms with Gasteiger partial charge in [0.1, 0.15) is 12.1 Å². The van der Waals surface area contributed by atoms with Crippen LogP contribution in [-0.4, -0.2) is 17.6 Å². The minimum absolute atomic E-state index is 0.0948. The highest BCUT2D eigenvalue weighted by Crippen LogP contribution is 2.05. The summed E-state index contributed by atoms with van der Waals surface area (Å²) >= 11 is 0. The zero-order chi connectivity index (χ0) is 8.27. The zero-order valence-electron chi connectivity index (χ0n) is 5.65. The number of aliphatic imine (C=N–C) groups is 2. The third-order valence-electron chi connectivity index (χ3n) is 1.17. The van der Waals surface area contributed by atoms with E-state index in [4.69, 9.17) is 10.5 Å². The number of nitrogens with zero attached hydrogens (tertiary/aromatic N) is 4. The van der Waals surface area contributed by atoms with E-state index in [1.807, 2.05) is 0 Å². The van der Waals surface area contributed by atoms with Crippen LogP contribution in [0.4, 0.5) is 0 Å². The molecule has 0 fully saturated rings. The fourth-order valence-corrected chi connectivity index (χ4v) is 0.685. The maximum absolute atomic E-state index is 8.43. The molecule has 0 unspecified atom stereocenters. The first kappa shape index (κ1) is 7.17. The van der Waals surface area contributed by atoms with Crippen LogP contribution in [-0.2, 0) is 0 Å². The van der Waals surface area contributed by atoms with E-state index in [9.17, 15) is 0 Å². The minimum Gasteiger partial charge on any atom is -0.240 e. The number of hydrogen-bond donors (Lipinski definition) is 0. The van der Waals surface area contributed by atoms with E-state index in [1.165, 1.54) is 6.08 Å². The van der Waals surface area contributed by atoms with Crippen molar-refractivity contribution in [1.82, 2.24) is 0 Å².